The molecule has 2 aromatic carbocycles. The third-order valence-electron chi connectivity index (χ3n) is 3.81. The molecule has 3 rings (SSSR count). The Morgan fingerprint density at radius 2 is 2.00 bits per heavy atom. The van der Waals surface area contributed by atoms with Crippen LogP contribution in [0.5, 0.6) is 5.75 Å². The Bertz CT molecular complexity index is 699. The van der Waals surface area contributed by atoms with Crippen molar-refractivity contribution in [1.82, 2.24) is 0 Å². The fourth-order valence-corrected chi connectivity index (χ4v) is 2.84. The fourth-order valence-electron chi connectivity index (χ4n) is 2.68. The van der Waals surface area contributed by atoms with Crippen LogP contribution in [0.2, 0.25) is 0 Å². The third kappa shape index (κ3) is 2.90. The largest absolute Gasteiger partial charge is 0.489 e. The van der Waals surface area contributed by atoms with E-state index in [1.807, 2.05) is 6.07 Å². The van der Waals surface area contributed by atoms with E-state index in [4.69, 9.17) is 22.7 Å². The Labute approximate surface area is 128 Å². The molecule has 2 aromatic rings. The van der Waals surface area contributed by atoms with Crippen LogP contribution in [0.4, 0.5) is 4.39 Å². The van der Waals surface area contributed by atoms with E-state index in [-0.39, 0.29) is 17.2 Å². The van der Waals surface area contributed by atoms with Crippen LogP contribution in [0, 0.1) is 5.82 Å². The number of hydrogen-bond acceptors (Lipinski definition) is 2. The van der Waals surface area contributed by atoms with E-state index in [9.17, 15) is 4.39 Å². The molecule has 0 heterocycles. The van der Waals surface area contributed by atoms with Crippen molar-refractivity contribution in [2.24, 2.45) is 5.73 Å². The highest BCUT2D eigenvalue weighted by Gasteiger charge is 2.13. The van der Waals surface area contributed by atoms with Crippen LogP contribution in [0.3, 0.4) is 0 Å². The van der Waals surface area contributed by atoms with Gasteiger partial charge < -0.3 is 10.5 Å². The number of nitrogens with two attached hydrogens (primary N) is 1. The summed E-state index contributed by atoms with van der Waals surface area (Å²) in [6, 6.07) is 11.1. The number of benzene rings is 2. The number of halogens is 1. The number of rotatable bonds is 4. The van der Waals surface area contributed by atoms with Gasteiger partial charge in [0, 0.05) is 11.1 Å². The minimum absolute atomic E-state index is 0.0619. The van der Waals surface area contributed by atoms with Crippen LogP contribution in [-0.4, -0.2) is 4.99 Å². The molecule has 0 aromatic heterocycles. The highest BCUT2D eigenvalue weighted by molar-refractivity contribution is 7.80. The summed E-state index contributed by atoms with van der Waals surface area (Å²) in [6.07, 6.45) is 3.43. The molecule has 1 aliphatic carbocycles. The Morgan fingerprint density at radius 1 is 1.19 bits per heavy atom. The first kappa shape index (κ1) is 14.0. The van der Waals surface area contributed by atoms with Gasteiger partial charge >= 0.3 is 0 Å². The van der Waals surface area contributed by atoms with Gasteiger partial charge in [-0.3, -0.25) is 0 Å². The molecular formula is C17H16FNOS. The van der Waals surface area contributed by atoms with E-state index in [2.05, 4.69) is 12.1 Å². The normalized spacial score (nSPS) is 13.0. The maximum atomic E-state index is 14.2. The van der Waals surface area contributed by atoms with Gasteiger partial charge in [-0.1, -0.05) is 30.4 Å². The van der Waals surface area contributed by atoms with Crippen LogP contribution in [0.1, 0.15) is 28.7 Å². The van der Waals surface area contributed by atoms with Gasteiger partial charge in [-0.2, -0.15) is 0 Å². The van der Waals surface area contributed by atoms with Crippen molar-refractivity contribution >= 4 is 17.2 Å². The molecule has 0 fully saturated rings. The molecule has 0 unspecified atom stereocenters. The molecule has 0 saturated heterocycles. The summed E-state index contributed by atoms with van der Waals surface area (Å²) in [4.78, 5) is 0.0619. The zero-order chi connectivity index (χ0) is 14.8. The molecular weight excluding hydrogens is 285 g/mol. The van der Waals surface area contributed by atoms with E-state index >= 15 is 0 Å². The lowest BCUT2D eigenvalue weighted by molar-refractivity contribution is 0.299. The predicted molar refractivity (Wildman–Crippen MR) is 85.1 cm³/mol. The monoisotopic (exact) mass is 301 g/mol. The van der Waals surface area contributed by atoms with Gasteiger partial charge in [0.05, 0.1) is 0 Å². The zero-order valence-electron chi connectivity index (χ0n) is 11.6. The van der Waals surface area contributed by atoms with Crippen LogP contribution in [0.25, 0.3) is 0 Å². The Balaban J connectivity index is 1.76. The molecule has 0 radical (unpaired) electrons. The predicted octanol–water partition coefficient (Wildman–Crippen LogP) is 3.53. The number of thiocarbonyl (C=S) groups is 1. The third-order valence-corrected chi connectivity index (χ3v) is 4.03. The standard InChI is InChI=1S/C17H16FNOS/c18-16-13(5-2-6-15(16)17(19)21)10-20-14-8-7-11-3-1-4-12(11)9-14/h2,5-9H,1,3-4,10H2,(H2,19,21). The van der Waals surface area contributed by atoms with E-state index in [1.165, 1.54) is 17.5 Å². The van der Waals surface area contributed by atoms with E-state index < -0.39 is 5.82 Å². The van der Waals surface area contributed by atoms with Crippen LogP contribution < -0.4 is 10.5 Å². The molecule has 2 nitrogen and oxygen atoms in total. The average Bonchev–Trinajstić information content (AvgIpc) is 2.93. The van der Waals surface area contributed by atoms with Crippen molar-refractivity contribution in [1.29, 1.82) is 0 Å². The van der Waals surface area contributed by atoms with Gasteiger partial charge in [-0.25, -0.2) is 4.39 Å². The Morgan fingerprint density at radius 3 is 2.81 bits per heavy atom. The molecule has 1 aliphatic rings. The van der Waals surface area contributed by atoms with Crippen molar-refractivity contribution in [3.05, 3.63) is 64.5 Å². The summed E-state index contributed by atoms with van der Waals surface area (Å²) < 4.78 is 19.9. The van der Waals surface area contributed by atoms with E-state index in [0.29, 0.717) is 5.56 Å². The lowest BCUT2D eigenvalue weighted by Gasteiger charge is -2.10. The lowest BCUT2D eigenvalue weighted by Crippen LogP contribution is -2.13. The smallest absolute Gasteiger partial charge is 0.139 e. The van der Waals surface area contributed by atoms with Crippen molar-refractivity contribution < 1.29 is 9.13 Å². The van der Waals surface area contributed by atoms with Crippen molar-refractivity contribution in [2.75, 3.05) is 0 Å². The summed E-state index contributed by atoms with van der Waals surface area (Å²) >= 11 is 4.84. The van der Waals surface area contributed by atoms with Crippen LogP contribution >= 0.6 is 12.2 Å². The molecule has 0 atom stereocenters. The molecule has 21 heavy (non-hydrogen) atoms. The molecule has 0 amide bonds. The molecule has 2 N–H and O–H groups in total. The minimum atomic E-state index is -0.397. The summed E-state index contributed by atoms with van der Waals surface area (Å²) in [5, 5.41) is 0. The van der Waals surface area contributed by atoms with Crippen LogP contribution in [-0.2, 0) is 19.4 Å². The summed E-state index contributed by atoms with van der Waals surface area (Å²) in [5.41, 5.74) is 8.96. The van der Waals surface area contributed by atoms with Gasteiger partial charge in [0.1, 0.15) is 23.2 Å². The number of aryl methyl sites for hydroxylation is 2. The molecule has 0 saturated carbocycles. The second-order valence-electron chi connectivity index (χ2n) is 5.22. The molecule has 0 aliphatic heterocycles. The summed E-state index contributed by atoms with van der Waals surface area (Å²) in [7, 11) is 0. The van der Waals surface area contributed by atoms with Gasteiger partial charge in [0.15, 0.2) is 0 Å². The molecule has 108 valence electrons. The highest BCUT2D eigenvalue weighted by Crippen LogP contribution is 2.26. The summed E-state index contributed by atoms with van der Waals surface area (Å²) in [5.74, 6) is 0.377. The highest BCUT2D eigenvalue weighted by atomic mass is 32.1. The fraction of sp³-hybridized carbons (Fsp3) is 0.235. The maximum absolute atomic E-state index is 14.2. The van der Waals surface area contributed by atoms with E-state index in [1.54, 1.807) is 18.2 Å². The van der Waals surface area contributed by atoms with Gasteiger partial charge in [0.2, 0.25) is 0 Å². The van der Waals surface area contributed by atoms with Gasteiger partial charge in [0.25, 0.3) is 0 Å². The average molecular weight is 301 g/mol. The zero-order valence-corrected chi connectivity index (χ0v) is 12.4. The second-order valence-corrected chi connectivity index (χ2v) is 5.66. The quantitative estimate of drug-likeness (QED) is 0.878. The van der Waals surface area contributed by atoms with Crippen molar-refractivity contribution in [3.63, 3.8) is 0 Å². The Hall–Kier alpha value is -1.94. The first-order valence-corrected chi connectivity index (χ1v) is 7.38. The molecule has 0 spiro atoms. The summed E-state index contributed by atoms with van der Waals surface area (Å²) in [6.45, 7) is 0.168. The number of ether oxygens (including phenoxy) is 1. The topological polar surface area (TPSA) is 35.2 Å². The first-order chi connectivity index (χ1) is 10.1. The second kappa shape index (κ2) is 5.82. The van der Waals surface area contributed by atoms with Gasteiger partial charge in [-0.15, -0.1) is 0 Å². The first-order valence-electron chi connectivity index (χ1n) is 6.97. The van der Waals surface area contributed by atoms with Crippen molar-refractivity contribution in [2.45, 2.75) is 25.9 Å². The maximum Gasteiger partial charge on any atom is 0.139 e. The van der Waals surface area contributed by atoms with E-state index in [0.717, 1.165) is 18.6 Å². The van der Waals surface area contributed by atoms with Crippen molar-refractivity contribution in [3.8, 4) is 5.75 Å². The van der Waals surface area contributed by atoms with Crippen LogP contribution in [0.15, 0.2) is 36.4 Å². The lowest BCUT2D eigenvalue weighted by atomic mass is 10.1. The Kier molecular flexibility index (Phi) is 3.88. The minimum Gasteiger partial charge on any atom is -0.489 e. The molecule has 4 heteroatoms. The SMILES string of the molecule is NC(=S)c1cccc(COc2ccc3c(c2)CCC3)c1F. The molecule has 0 bridgehead atoms. The van der Waals surface area contributed by atoms with Gasteiger partial charge in [-0.05, 0) is 48.6 Å². The number of hydrogen-bond donors (Lipinski definition) is 1. The number of fused-ring (bicyclic) bond motifs is 1.